The first-order valence-corrected chi connectivity index (χ1v) is 7.89. The molecule has 0 rings (SSSR count). The van der Waals surface area contributed by atoms with Crippen LogP contribution in [0.2, 0.25) is 0 Å². The molecule has 216 valence electrons. The van der Waals surface area contributed by atoms with Crippen LogP contribution < -0.4 is 0 Å². The molecular weight excluding hydrogens is 593 g/mol. The number of esters is 2. The molecule has 0 aliphatic rings. The molecule has 0 saturated heterocycles. The molecule has 37 heavy (non-hydrogen) atoms. The summed E-state index contributed by atoms with van der Waals surface area (Å²) in [6.45, 7) is 0. The number of halogens is 19. The van der Waals surface area contributed by atoms with Crippen molar-refractivity contribution in [2.24, 2.45) is 0 Å². The molecule has 0 aromatic rings. The molecule has 0 aliphatic heterocycles. The van der Waals surface area contributed by atoms with Gasteiger partial charge >= 0.3 is 48.2 Å². The van der Waals surface area contributed by atoms with E-state index in [2.05, 4.69) is 4.74 Å². The van der Waals surface area contributed by atoms with E-state index in [9.17, 15) is 93.0 Å². The maximum absolute atomic E-state index is 13.5. The van der Waals surface area contributed by atoms with Crippen LogP contribution in [0.5, 0.6) is 0 Å². The SMILES string of the molecule is O=C(OC(F)CC(F)(F)C(F)(F)C(F)(F)C(F)(F)OC(=O)C(=C(F)F)C(F)(F)F)C(=C(F)F)C(F)(F)F. The van der Waals surface area contributed by atoms with Gasteiger partial charge in [-0.3, -0.25) is 0 Å². The van der Waals surface area contributed by atoms with Gasteiger partial charge in [-0.1, -0.05) is 0 Å². The van der Waals surface area contributed by atoms with Crippen molar-refractivity contribution >= 4 is 11.9 Å². The Morgan fingerprint density at radius 2 is 0.946 bits per heavy atom. The second kappa shape index (κ2) is 10.5. The van der Waals surface area contributed by atoms with Crippen LogP contribution in [0.15, 0.2) is 23.3 Å². The largest absolute Gasteiger partial charge is 0.473 e. The van der Waals surface area contributed by atoms with Crippen molar-refractivity contribution < 1.29 is 102 Å². The third kappa shape index (κ3) is 7.32. The molecule has 0 aromatic carbocycles. The molecule has 0 radical (unpaired) electrons. The van der Waals surface area contributed by atoms with Crippen LogP contribution in [0.25, 0.3) is 0 Å². The minimum Gasteiger partial charge on any atom is -0.427 e. The quantitative estimate of drug-likeness (QED) is 0.169. The molecule has 0 amide bonds. The van der Waals surface area contributed by atoms with E-state index in [1.165, 1.54) is 0 Å². The normalized spacial score (nSPS) is 14.6. The predicted octanol–water partition coefficient (Wildman–Crippen LogP) is 6.68. The van der Waals surface area contributed by atoms with E-state index in [0.717, 1.165) is 0 Å². The molecule has 0 bridgehead atoms. The van der Waals surface area contributed by atoms with Crippen LogP contribution in [0.1, 0.15) is 6.42 Å². The monoisotopic (exact) mass is 596 g/mol. The van der Waals surface area contributed by atoms with Gasteiger partial charge in [0.2, 0.25) is 17.5 Å². The number of carbonyl (C=O) groups is 2. The van der Waals surface area contributed by atoms with E-state index >= 15 is 0 Å². The van der Waals surface area contributed by atoms with Crippen molar-refractivity contribution in [1.82, 2.24) is 0 Å². The van der Waals surface area contributed by atoms with Crippen molar-refractivity contribution in [3.63, 3.8) is 0 Å². The predicted molar refractivity (Wildman–Crippen MR) is 72.1 cm³/mol. The number of ether oxygens (including phenoxy) is 2. The molecule has 0 fully saturated rings. The lowest BCUT2D eigenvalue weighted by Crippen LogP contribution is -2.63. The summed E-state index contributed by atoms with van der Waals surface area (Å²) in [6, 6.07) is 0. The van der Waals surface area contributed by atoms with Crippen LogP contribution in [-0.4, -0.2) is 54.5 Å². The molecule has 0 heterocycles. The van der Waals surface area contributed by atoms with E-state index in [1.54, 1.807) is 0 Å². The Morgan fingerprint density at radius 1 is 0.595 bits per heavy atom. The van der Waals surface area contributed by atoms with Gasteiger partial charge in [-0.2, -0.15) is 79.0 Å². The number of alkyl halides is 15. The van der Waals surface area contributed by atoms with Gasteiger partial charge in [-0.05, 0) is 0 Å². The summed E-state index contributed by atoms with van der Waals surface area (Å²) in [7, 11) is 0. The minimum absolute atomic E-state index is 1.91. The molecule has 1 unspecified atom stereocenters. The molecule has 1 atom stereocenters. The zero-order valence-corrected chi connectivity index (χ0v) is 16.1. The molecule has 0 aliphatic carbocycles. The van der Waals surface area contributed by atoms with Gasteiger partial charge in [-0.15, -0.1) is 0 Å². The molecule has 0 spiro atoms. The lowest BCUT2D eigenvalue weighted by atomic mass is 10.0. The summed E-state index contributed by atoms with van der Waals surface area (Å²) in [5.74, 6) is -30.5. The fourth-order valence-corrected chi connectivity index (χ4v) is 1.79. The Balaban J connectivity index is 6.06. The van der Waals surface area contributed by atoms with E-state index < -0.39 is 84.3 Å². The molecule has 4 nitrogen and oxygen atoms in total. The Morgan fingerprint density at radius 3 is 1.27 bits per heavy atom. The second-order valence-electron chi connectivity index (χ2n) is 6.05. The Kier molecular flexibility index (Phi) is 9.63. The number of hydrogen-bond acceptors (Lipinski definition) is 4. The zero-order chi connectivity index (χ0) is 30.2. The number of rotatable bonds is 9. The Bertz CT molecular complexity index is 933. The van der Waals surface area contributed by atoms with Crippen LogP contribution in [0.3, 0.4) is 0 Å². The van der Waals surface area contributed by atoms with Gasteiger partial charge in [0, 0.05) is 0 Å². The average molecular weight is 596 g/mol. The number of carbonyl (C=O) groups excluding carboxylic acids is 2. The fraction of sp³-hybridized carbons (Fsp3) is 0.571. The fourth-order valence-electron chi connectivity index (χ4n) is 1.79. The first-order chi connectivity index (χ1) is 16.0. The molecule has 0 saturated carbocycles. The lowest BCUT2D eigenvalue weighted by Gasteiger charge is -2.36. The molecule has 0 N–H and O–H groups in total. The highest BCUT2D eigenvalue weighted by atomic mass is 19.4. The lowest BCUT2D eigenvalue weighted by molar-refractivity contribution is -0.419. The summed E-state index contributed by atoms with van der Waals surface area (Å²) in [5, 5.41) is 0. The maximum atomic E-state index is 13.5. The highest BCUT2D eigenvalue weighted by molar-refractivity contribution is 5.90. The Labute approximate surface area is 188 Å². The van der Waals surface area contributed by atoms with Gasteiger partial charge < -0.3 is 9.47 Å². The first-order valence-electron chi connectivity index (χ1n) is 7.89. The summed E-state index contributed by atoms with van der Waals surface area (Å²) < 4.78 is 247. The van der Waals surface area contributed by atoms with E-state index in [0.29, 0.717) is 0 Å². The highest BCUT2D eigenvalue weighted by Crippen LogP contribution is 2.55. The zero-order valence-electron chi connectivity index (χ0n) is 16.1. The second-order valence-corrected chi connectivity index (χ2v) is 6.05. The van der Waals surface area contributed by atoms with Crippen molar-refractivity contribution in [2.45, 2.75) is 49.0 Å². The third-order valence-corrected chi connectivity index (χ3v) is 3.45. The Hall–Kier alpha value is -2.91. The molecule has 23 heteroatoms. The van der Waals surface area contributed by atoms with Crippen molar-refractivity contribution in [3.8, 4) is 0 Å². The summed E-state index contributed by atoms with van der Waals surface area (Å²) >= 11 is 0. The maximum Gasteiger partial charge on any atom is 0.473 e. The summed E-state index contributed by atoms with van der Waals surface area (Å²) in [5.41, 5.74) is -7.76. The van der Waals surface area contributed by atoms with Crippen LogP contribution in [-0.2, 0) is 19.1 Å². The van der Waals surface area contributed by atoms with E-state index in [-0.39, 0.29) is 0 Å². The summed E-state index contributed by atoms with van der Waals surface area (Å²) in [6.07, 6.45) is -37.2. The van der Waals surface area contributed by atoms with Gasteiger partial charge in [0.05, 0.1) is 6.42 Å². The van der Waals surface area contributed by atoms with E-state index in [1.807, 2.05) is 4.74 Å². The van der Waals surface area contributed by atoms with Gasteiger partial charge in [0.15, 0.2) is 0 Å². The van der Waals surface area contributed by atoms with Crippen molar-refractivity contribution in [3.05, 3.63) is 23.3 Å². The topological polar surface area (TPSA) is 52.6 Å². The van der Waals surface area contributed by atoms with Crippen LogP contribution in [0.4, 0.5) is 83.4 Å². The molecular formula is C14H3F19O4. The highest BCUT2D eigenvalue weighted by Gasteiger charge is 2.83. The van der Waals surface area contributed by atoms with Crippen LogP contribution >= 0.6 is 0 Å². The van der Waals surface area contributed by atoms with Crippen molar-refractivity contribution in [2.75, 3.05) is 0 Å². The van der Waals surface area contributed by atoms with Crippen molar-refractivity contribution in [1.29, 1.82) is 0 Å². The first kappa shape index (κ1) is 34.1. The van der Waals surface area contributed by atoms with E-state index in [4.69, 9.17) is 0 Å². The smallest absolute Gasteiger partial charge is 0.427 e. The van der Waals surface area contributed by atoms with Crippen LogP contribution in [0, 0.1) is 0 Å². The summed E-state index contributed by atoms with van der Waals surface area (Å²) in [4.78, 5) is 21.6. The molecule has 0 aromatic heterocycles. The minimum atomic E-state index is -7.91. The third-order valence-electron chi connectivity index (χ3n) is 3.45. The van der Waals surface area contributed by atoms with Gasteiger partial charge in [-0.25, -0.2) is 14.0 Å². The number of hydrogen-bond donors (Lipinski definition) is 0. The van der Waals surface area contributed by atoms with Gasteiger partial charge in [0.25, 0.3) is 12.2 Å². The average Bonchev–Trinajstić information content (AvgIpc) is 2.56. The van der Waals surface area contributed by atoms with Gasteiger partial charge in [0.1, 0.15) is 0 Å². The standard InChI is InChI=1S/C14H3F19O4/c15-2(36-7(34)3(5(16)17)10(22,23)24)1-9(20,21)12(28,29)13(30,31)14(32,33)37-8(35)4(6(18)19)11(25,26)27/h2H,1H2.